The fourth-order valence-electron chi connectivity index (χ4n) is 3.01. The minimum Gasteiger partial charge on any atom is -0.340 e. The molecule has 0 atom stereocenters. The number of pyridine rings is 1. The van der Waals surface area contributed by atoms with Gasteiger partial charge < -0.3 is 9.47 Å². The number of rotatable bonds is 5. The van der Waals surface area contributed by atoms with E-state index < -0.39 is 0 Å². The number of piperazine rings is 1. The molecule has 1 saturated heterocycles. The van der Waals surface area contributed by atoms with Crippen LogP contribution in [0.3, 0.4) is 0 Å². The first-order valence-corrected chi connectivity index (χ1v) is 9.25. The van der Waals surface area contributed by atoms with Crippen LogP contribution in [0.5, 0.6) is 0 Å². The van der Waals surface area contributed by atoms with Gasteiger partial charge in [0.15, 0.2) is 0 Å². The van der Waals surface area contributed by atoms with E-state index in [1.165, 1.54) is 0 Å². The molecule has 3 heterocycles. The van der Waals surface area contributed by atoms with Crippen LogP contribution < -0.4 is 5.56 Å². The van der Waals surface area contributed by atoms with Crippen molar-refractivity contribution < 1.29 is 4.79 Å². The summed E-state index contributed by atoms with van der Waals surface area (Å²) in [6.07, 6.45) is 2.45. The predicted molar refractivity (Wildman–Crippen MR) is 96.3 cm³/mol. The van der Waals surface area contributed by atoms with Gasteiger partial charge in [0, 0.05) is 56.4 Å². The van der Waals surface area contributed by atoms with Crippen molar-refractivity contribution in [3.8, 4) is 0 Å². The summed E-state index contributed by atoms with van der Waals surface area (Å²) in [4.78, 5) is 29.4. The highest BCUT2D eigenvalue weighted by Gasteiger charge is 2.21. The fourth-order valence-corrected chi connectivity index (χ4v) is 3.71. The maximum absolute atomic E-state index is 12.3. The van der Waals surface area contributed by atoms with Crippen LogP contribution in [0.1, 0.15) is 17.4 Å². The summed E-state index contributed by atoms with van der Waals surface area (Å²) < 4.78 is 1.73. The summed E-state index contributed by atoms with van der Waals surface area (Å²) in [7, 11) is 0. The highest BCUT2D eigenvalue weighted by atomic mass is 32.1. The highest BCUT2D eigenvalue weighted by Crippen LogP contribution is 2.13. The van der Waals surface area contributed by atoms with Crippen molar-refractivity contribution in [2.45, 2.75) is 26.4 Å². The van der Waals surface area contributed by atoms with Gasteiger partial charge in [-0.1, -0.05) is 12.1 Å². The molecule has 2 aromatic heterocycles. The second-order valence-corrected chi connectivity index (χ2v) is 7.11. The molecule has 6 heteroatoms. The number of aryl methyl sites for hydroxylation is 1. The van der Waals surface area contributed by atoms with Crippen LogP contribution >= 0.6 is 11.3 Å². The monoisotopic (exact) mass is 345 g/mol. The zero-order valence-corrected chi connectivity index (χ0v) is 14.8. The highest BCUT2D eigenvalue weighted by molar-refractivity contribution is 7.10. The minimum atomic E-state index is 0.0465. The topological polar surface area (TPSA) is 45.5 Å². The van der Waals surface area contributed by atoms with E-state index in [0.717, 1.165) is 43.2 Å². The van der Waals surface area contributed by atoms with Gasteiger partial charge in [-0.15, -0.1) is 11.3 Å². The molecule has 1 aliphatic heterocycles. The van der Waals surface area contributed by atoms with Crippen LogP contribution in [-0.2, 0) is 24.3 Å². The maximum atomic E-state index is 12.3. The number of thiophene rings is 1. The summed E-state index contributed by atoms with van der Waals surface area (Å²) in [5, 5.41) is 2.01. The molecule has 0 aromatic carbocycles. The molecule has 3 rings (SSSR count). The second-order valence-electron chi connectivity index (χ2n) is 6.07. The Labute approximate surface area is 146 Å². The predicted octanol–water partition coefficient (Wildman–Crippen LogP) is 1.82. The Bertz CT molecular complexity index is 731. The van der Waals surface area contributed by atoms with Crippen LogP contribution in [0.4, 0.5) is 0 Å². The summed E-state index contributed by atoms with van der Waals surface area (Å²) in [6, 6.07) is 7.55. The van der Waals surface area contributed by atoms with Crippen molar-refractivity contribution in [1.29, 1.82) is 0 Å². The van der Waals surface area contributed by atoms with Gasteiger partial charge in [-0.3, -0.25) is 14.5 Å². The lowest BCUT2D eigenvalue weighted by molar-refractivity contribution is -0.132. The van der Waals surface area contributed by atoms with Crippen LogP contribution in [0, 0.1) is 0 Å². The number of hydrogen-bond acceptors (Lipinski definition) is 4. The van der Waals surface area contributed by atoms with Gasteiger partial charge in [-0.05, 0) is 23.9 Å². The van der Waals surface area contributed by atoms with Crippen LogP contribution in [0.15, 0.2) is 40.6 Å². The molecule has 0 bridgehead atoms. The van der Waals surface area contributed by atoms with Gasteiger partial charge >= 0.3 is 0 Å². The first kappa shape index (κ1) is 16.9. The van der Waals surface area contributed by atoms with Crippen molar-refractivity contribution in [3.63, 3.8) is 0 Å². The lowest BCUT2D eigenvalue weighted by atomic mass is 10.2. The minimum absolute atomic E-state index is 0.0465. The van der Waals surface area contributed by atoms with E-state index >= 15 is 0 Å². The summed E-state index contributed by atoms with van der Waals surface area (Å²) in [5.74, 6) is 0.219. The SMILES string of the molecule is CCn1cc(CN2CCN(C(=O)Cc3cccs3)CC2)ccc1=O. The van der Waals surface area contributed by atoms with Crippen LogP contribution in [0.25, 0.3) is 0 Å². The second kappa shape index (κ2) is 7.77. The number of aromatic nitrogens is 1. The van der Waals surface area contributed by atoms with E-state index in [2.05, 4.69) is 4.90 Å². The molecule has 0 spiro atoms. The fraction of sp³-hybridized carbons (Fsp3) is 0.444. The Kier molecular flexibility index (Phi) is 5.48. The Hall–Kier alpha value is -1.92. The first-order valence-electron chi connectivity index (χ1n) is 8.37. The molecule has 0 saturated carbocycles. The summed E-state index contributed by atoms with van der Waals surface area (Å²) >= 11 is 1.64. The number of hydrogen-bond donors (Lipinski definition) is 0. The third-order valence-corrected chi connectivity index (χ3v) is 5.30. The molecule has 0 radical (unpaired) electrons. The smallest absolute Gasteiger partial charge is 0.250 e. The zero-order valence-electron chi connectivity index (χ0n) is 14.0. The van der Waals surface area contributed by atoms with Gasteiger partial charge in [-0.25, -0.2) is 0 Å². The Morgan fingerprint density at radius 3 is 2.62 bits per heavy atom. The van der Waals surface area contributed by atoms with E-state index in [4.69, 9.17) is 0 Å². The third-order valence-electron chi connectivity index (χ3n) is 4.42. The van der Waals surface area contributed by atoms with Gasteiger partial charge in [-0.2, -0.15) is 0 Å². The Morgan fingerprint density at radius 1 is 1.17 bits per heavy atom. The number of nitrogens with zero attached hydrogens (tertiary/aromatic N) is 3. The molecular formula is C18H23N3O2S. The van der Waals surface area contributed by atoms with Crippen molar-refractivity contribution in [1.82, 2.24) is 14.4 Å². The summed E-state index contributed by atoms with van der Waals surface area (Å²) in [5.41, 5.74) is 1.19. The summed E-state index contributed by atoms with van der Waals surface area (Å²) in [6.45, 7) is 6.80. The largest absolute Gasteiger partial charge is 0.340 e. The average Bonchev–Trinajstić information content (AvgIpc) is 3.10. The van der Waals surface area contributed by atoms with Crippen LogP contribution in [-0.4, -0.2) is 46.5 Å². The maximum Gasteiger partial charge on any atom is 0.250 e. The van der Waals surface area contributed by atoms with Crippen LogP contribution in [0.2, 0.25) is 0 Å². The molecule has 1 amide bonds. The van der Waals surface area contributed by atoms with Crippen molar-refractivity contribution in [2.24, 2.45) is 0 Å². The molecule has 5 nitrogen and oxygen atoms in total. The standard InChI is InChI=1S/C18H23N3O2S/c1-2-20-14-15(5-6-17(20)22)13-19-7-9-21(10-8-19)18(23)12-16-4-3-11-24-16/h3-6,11,14H,2,7-10,12-13H2,1H3. The lowest BCUT2D eigenvalue weighted by Crippen LogP contribution is -2.48. The molecule has 0 N–H and O–H groups in total. The van der Waals surface area contributed by atoms with Gasteiger partial charge in [0.25, 0.3) is 5.56 Å². The van der Waals surface area contributed by atoms with E-state index in [9.17, 15) is 9.59 Å². The lowest BCUT2D eigenvalue weighted by Gasteiger charge is -2.34. The van der Waals surface area contributed by atoms with E-state index in [1.807, 2.05) is 41.6 Å². The molecule has 128 valence electrons. The molecule has 24 heavy (non-hydrogen) atoms. The quantitative estimate of drug-likeness (QED) is 0.830. The normalized spacial score (nSPS) is 15.6. The van der Waals surface area contributed by atoms with Crippen molar-refractivity contribution in [3.05, 3.63) is 56.6 Å². The molecular weight excluding hydrogens is 322 g/mol. The van der Waals surface area contributed by atoms with Crippen molar-refractivity contribution >= 4 is 17.2 Å². The van der Waals surface area contributed by atoms with E-state index in [0.29, 0.717) is 13.0 Å². The molecule has 1 aliphatic rings. The van der Waals surface area contributed by atoms with Gasteiger partial charge in [0.2, 0.25) is 5.91 Å². The Balaban J connectivity index is 1.51. The number of carbonyl (C=O) groups is 1. The molecule has 0 unspecified atom stereocenters. The van der Waals surface area contributed by atoms with Crippen molar-refractivity contribution in [2.75, 3.05) is 26.2 Å². The van der Waals surface area contributed by atoms with Gasteiger partial charge in [0.1, 0.15) is 0 Å². The van der Waals surface area contributed by atoms with E-state index in [1.54, 1.807) is 22.0 Å². The van der Waals surface area contributed by atoms with E-state index in [-0.39, 0.29) is 11.5 Å². The zero-order chi connectivity index (χ0) is 16.9. The Morgan fingerprint density at radius 2 is 1.96 bits per heavy atom. The average molecular weight is 345 g/mol. The molecule has 2 aromatic rings. The first-order chi connectivity index (χ1) is 11.7. The number of amides is 1. The van der Waals surface area contributed by atoms with Gasteiger partial charge in [0.05, 0.1) is 6.42 Å². The number of carbonyl (C=O) groups excluding carboxylic acids is 1. The molecule has 0 aliphatic carbocycles. The third kappa shape index (κ3) is 4.13. The molecule has 1 fully saturated rings.